The van der Waals surface area contributed by atoms with E-state index in [1.165, 1.54) is 52.3 Å². The molecule has 2 fully saturated rings. The van der Waals surface area contributed by atoms with Crippen LogP contribution in [-0.2, 0) is 20.8 Å². The lowest BCUT2D eigenvalue weighted by Crippen LogP contribution is -2.57. The summed E-state index contributed by atoms with van der Waals surface area (Å²) < 4.78 is 0. The summed E-state index contributed by atoms with van der Waals surface area (Å²) in [5.41, 5.74) is -1.41. The molecule has 0 bridgehead atoms. The number of rotatable bonds is 9. The molecule has 0 radical (unpaired) electrons. The number of non-ortho nitro benzene ring substituents is 1. The summed E-state index contributed by atoms with van der Waals surface area (Å²) in [6.45, 7) is 0.155. The van der Waals surface area contributed by atoms with Crippen molar-refractivity contribution >= 4 is 46.6 Å². The van der Waals surface area contributed by atoms with Gasteiger partial charge in [0.05, 0.1) is 22.8 Å². The number of carboxylic acids is 1. The Morgan fingerprint density at radius 1 is 1.16 bits per heavy atom. The number of hydrogen-bond donors (Lipinski definition) is 2. The zero-order valence-corrected chi connectivity index (χ0v) is 21.0. The summed E-state index contributed by atoms with van der Waals surface area (Å²) in [4.78, 5) is 57.1. The van der Waals surface area contributed by atoms with Crippen molar-refractivity contribution in [2.75, 3.05) is 12.3 Å². The molecule has 0 spiro atoms. The molecule has 5 rings (SSSR count). The number of nitro benzene ring substituents is 1. The average molecular weight is 539 g/mol. The van der Waals surface area contributed by atoms with Gasteiger partial charge in [-0.25, -0.2) is 4.98 Å². The van der Waals surface area contributed by atoms with Gasteiger partial charge in [-0.15, -0.1) is 23.1 Å². The quantitative estimate of drug-likeness (QED) is 0.182. The number of hydrogen-bond acceptors (Lipinski definition) is 9. The number of fused-ring (bicyclic) bond motifs is 1. The first-order valence-corrected chi connectivity index (χ1v) is 13.4. The molecule has 3 heterocycles. The molecule has 2 saturated heterocycles. The van der Waals surface area contributed by atoms with Gasteiger partial charge >= 0.3 is 5.97 Å². The van der Waals surface area contributed by atoms with E-state index in [9.17, 15) is 29.6 Å². The largest absolute Gasteiger partial charge is 0.480 e. The number of carboxylic acid groups (broad SMARTS) is 1. The maximum absolute atomic E-state index is 13.7. The number of nitro groups is 1. The van der Waals surface area contributed by atoms with Gasteiger partial charge in [0.1, 0.15) is 10.5 Å². The van der Waals surface area contributed by atoms with Crippen molar-refractivity contribution in [3.8, 4) is 0 Å². The number of carbonyl (C=O) groups is 3. The Morgan fingerprint density at radius 2 is 1.89 bits per heavy atom. The molecule has 190 valence electrons. The number of amides is 2. The molecular weight excluding hydrogens is 516 g/mol. The minimum Gasteiger partial charge on any atom is -0.480 e. The SMILES string of the molecule is O=C1C2C(c3nccs3)NC(Cc3ccc([N+](=O)[O-])cc3)(C(=O)O)C2C(=O)N1CCSc1ccccc1. The van der Waals surface area contributed by atoms with Gasteiger partial charge in [0.25, 0.3) is 5.69 Å². The fraction of sp³-hybridized carbons (Fsp3) is 0.280. The van der Waals surface area contributed by atoms with Gasteiger partial charge in [-0.3, -0.25) is 34.7 Å². The third-order valence-electron chi connectivity index (χ3n) is 6.80. The Labute approximate surface area is 219 Å². The van der Waals surface area contributed by atoms with Crippen LogP contribution in [0.2, 0.25) is 0 Å². The molecule has 2 aliphatic heterocycles. The van der Waals surface area contributed by atoms with Crippen LogP contribution in [0.3, 0.4) is 0 Å². The summed E-state index contributed by atoms with van der Waals surface area (Å²) >= 11 is 2.79. The van der Waals surface area contributed by atoms with E-state index in [0.29, 0.717) is 16.3 Å². The van der Waals surface area contributed by atoms with Gasteiger partial charge in [0.15, 0.2) is 0 Å². The summed E-state index contributed by atoms with van der Waals surface area (Å²) in [7, 11) is 0. The first-order chi connectivity index (χ1) is 17.8. The Hall–Kier alpha value is -3.61. The highest BCUT2D eigenvalue weighted by atomic mass is 32.2. The van der Waals surface area contributed by atoms with E-state index in [-0.39, 0.29) is 18.7 Å². The van der Waals surface area contributed by atoms with Crippen LogP contribution in [0.15, 0.2) is 71.1 Å². The Bertz CT molecular complexity index is 1330. The number of thioether (sulfide) groups is 1. The first kappa shape index (κ1) is 25.1. The zero-order valence-electron chi connectivity index (χ0n) is 19.4. The molecule has 12 heteroatoms. The highest BCUT2D eigenvalue weighted by Crippen LogP contribution is 2.50. The summed E-state index contributed by atoms with van der Waals surface area (Å²) in [5, 5.41) is 26.9. The normalized spacial score (nSPS) is 24.9. The number of aromatic nitrogens is 1. The maximum Gasteiger partial charge on any atom is 0.325 e. The molecule has 4 atom stereocenters. The van der Waals surface area contributed by atoms with Crippen molar-refractivity contribution in [2.24, 2.45) is 11.8 Å². The second kappa shape index (κ2) is 10.0. The predicted octanol–water partition coefficient (Wildman–Crippen LogP) is 3.16. The van der Waals surface area contributed by atoms with Crippen molar-refractivity contribution in [3.05, 3.63) is 86.9 Å². The van der Waals surface area contributed by atoms with Crippen molar-refractivity contribution in [1.29, 1.82) is 0 Å². The molecule has 37 heavy (non-hydrogen) atoms. The van der Waals surface area contributed by atoms with Crippen LogP contribution < -0.4 is 5.32 Å². The molecule has 0 saturated carbocycles. The Morgan fingerprint density at radius 3 is 2.51 bits per heavy atom. The number of imide groups is 1. The molecule has 4 unspecified atom stereocenters. The van der Waals surface area contributed by atoms with Crippen molar-refractivity contribution in [3.63, 3.8) is 0 Å². The lowest BCUT2D eigenvalue weighted by Gasteiger charge is -2.31. The van der Waals surface area contributed by atoms with Crippen LogP contribution in [0.25, 0.3) is 0 Å². The van der Waals surface area contributed by atoms with Crippen molar-refractivity contribution in [2.45, 2.75) is 22.9 Å². The van der Waals surface area contributed by atoms with E-state index in [1.54, 1.807) is 11.6 Å². The molecular formula is C25H22N4O6S2. The lowest BCUT2D eigenvalue weighted by atomic mass is 9.76. The van der Waals surface area contributed by atoms with E-state index in [1.807, 2.05) is 30.3 Å². The number of nitrogens with one attached hydrogen (secondary N) is 1. The summed E-state index contributed by atoms with van der Waals surface area (Å²) in [5.74, 6) is -3.80. The van der Waals surface area contributed by atoms with E-state index in [2.05, 4.69) is 10.3 Å². The fourth-order valence-electron chi connectivity index (χ4n) is 5.15. The first-order valence-electron chi connectivity index (χ1n) is 11.5. The highest BCUT2D eigenvalue weighted by molar-refractivity contribution is 7.99. The number of nitrogens with zero attached hydrogens (tertiary/aromatic N) is 3. The predicted molar refractivity (Wildman–Crippen MR) is 136 cm³/mol. The van der Waals surface area contributed by atoms with Gasteiger partial charge in [0, 0.05) is 47.3 Å². The van der Waals surface area contributed by atoms with Crippen LogP contribution in [0, 0.1) is 22.0 Å². The van der Waals surface area contributed by atoms with Crippen LogP contribution in [0.1, 0.15) is 16.6 Å². The second-order valence-corrected chi connectivity index (χ2v) is 11.0. The lowest BCUT2D eigenvalue weighted by molar-refractivity contribution is -0.384. The van der Waals surface area contributed by atoms with E-state index < -0.39 is 46.1 Å². The topological polar surface area (TPSA) is 143 Å². The van der Waals surface area contributed by atoms with Crippen molar-refractivity contribution < 1.29 is 24.4 Å². The molecule has 2 N–H and O–H groups in total. The Balaban J connectivity index is 1.46. The van der Waals surface area contributed by atoms with Crippen LogP contribution >= 0.6 is 23.1 Å². The molecule has 2 aliphatic rings. The van der Waals surface area contributed by atoms with Gasteiger partial charge < -0.3 is 5.11 Å². The third-order valence-corrected chi connectivity index (χ3v) is 8.65. The number of aliphatic carboxylic acids is 1. The molecule has 3 aromatic rings. The molecule has 0 aliphatic carbocycles. The average Bonchev–Trinajstić information content (AvgIpc) is 3.59. The smallest absolute Gasteiger partial charge is 0.325 e. The Kier molecular flexibility index (Phi) is 6.80. The van der Waals surface area contributed by atoms with E-state index in [0.717, 1.165) is 4.90 Å². The standard InChI is InChI=1S/C25H22N4O6S2/c30-22-18-19(23(31)28(22)11-13-36-17-4-2-1-3-5-17)25(24(32)33,27-20(18)21-26-10-12-37-21)14-15-6-8-16(9-7-15)29(34)35/h1-10,12,18-20,27H,11,13-14H2,(H,32,33). The van der Waals surface area contributed by atoms with Crippen LogP contribution in [-0.4, -0.2) is 55.5 Å². The van der Waals surface area contributed by atoms with Crippen molar-refractivity contribution in [1.82, 2.24) is 15.2 Å². The van der Waals surface area contributed by atoms with E-state index in [4.69, 9.17) is 0 Å². The number of thiazole rings is 1. The summed E-state index contributed by atoms with van der Waals surface area (Å²) in [6.07, 6.45) is 1.44. The van der Waals surface area contributed by atoms with Crippen LogP contribution in [0.5, 0.6) is 0 Å². The van der Waals surface area contributed by atoms with Crippen LogP contribution in [0.4, 0.5) is 5.69 Å². The number of carbonyl (C=O) groups excluding carboxylic acids is 2. The van der Waals surface area contributed by atoms with E-state index >= 15 is 0 Å². The van der Waals surface area contributed by atoms with Gasteiger partial charge in [-0.2, -0.15) is 0 Å². The molecule has 10 nitrogen and oxygen atoms in total. The molecule has 2 amide bonds. The van der Waals surface area contributed by atoms with Gasteiger partial charge in [0.2, 0.25) is 11.8 Å². The number of benzene rings is 2. The monoisotopic (exact) mass is 538 g/mol. The van der Waals surface area contributed by atoms with Gasteiger partial charge in [-0.05, 0) is 17.7 Å². The minimum absolute atomic E-state index is 0.125. The fourth-order valence-corrected chi connectivity index (χ4v) is 6.74. The minimum atomic E-state index is -1.79. The maximum atomic E-state index is 13.7. The van der Waals surface area contributed by atoms with Gasteiger partial charge in [-0.1, -0.05) is 30.3 Å². The highest BCUT2D eigenvalue weighted by Gasteiger charge is 2.68. The molecule has 1 aromatic heterocycles. The summed E-state index contributed by atoms with van der Waals surface area (Å²) in [6, 6.07) is 14.4. The number of likely N-dealkylation sites (tertiary alicyclic amines) is 1. The third kappa shape index (κ3) is 4.52. The molecule has 2 aromatic carbocycles. The zero-order chi connectivity index (χ0) is 26.2. The second-order valence-electron chi connectivity index (χ2n) is 8.86.